The normalized spacial score (nSPS) is 15.7. The standard InChI is InChI=1S/C14H22N2O/c1-10-4-11(2)13(14(5-10)17-3)9-16-8-12-6-15-7-12/h4-5,12,15-16H,6-9H2,1-3H3. The van der Waals surface area contributed by atoms with Gasteiger partial charge in [-0.15, -0.1) is 0 Å². The highest BCUT2D eigenvalue weighted by Crippen LogP contribution is 2.23. The van der Waals surface area contributed by atoms with Crippen molar-refractivity contribution in [2.75, 3.05) is 26.7 Å². The van der Waals surface area contributed by atoms with E-state index in [0.29, 0.717) is 0 Å². The van der Waals surface area contributed by atoms with Gasteiger partial charge in [-0.05, 0) is 37.0 Å². The van der Waals surface area contributed by atoms with Gasteiger partial charge in [-0.1, -0.05) is 6.07 Å². The number of nitrogens with one attached hydrogen (secondary N) is 2. The van der Waals surface area contributed by atoms with Crippen LogP contribution in [0.5, 0.6) is 5.75 Å². The van der Waals surface area contributed by atoms with Crippen LogP contribution in [0.25, 0.3) is 0 Å². The highest BCUT2D eigenvalue weighted by molar-refractivity contribution is 5.42. The van der Waals surface area contributed by atoms with Gasteiger partial charge in [0.2, 0.25) is 0 Å². The number of methoxy groups -OCH3 is 1. The number of hydrogen-bond acceptors (Lipinski definition) is 3. The Morgan fingerprint density at radius 2 is 2.12 bits per heavy atom. The van der Waals surface area contributed by atoms with Crippen molar-refractivity contribution < 1.29 is 4.74 Å². The Balaban J connectivity index is 1.97. The lowest BCUT2D eigenvalue weighted by atomic mass is 10.0. The molecule has 2 rings (SSSR count). The fourth-order valence-electron chi connectivity index (χ4n) is 2.26. The zero-order valence-corrected chi connectivity index (χ0v) is 11.0. The van der Waals surface area contributed by atoms with Gasteiger partial charge in [-0.3, -0.25) is 0 Å². The Morgan fingerprint density at radius 3 is 2.71 bits per heavy atom. The van der Waals surface area contributed by atoms with Crippen LogP contribution in [0.4, 0.5) is 0 Å². The molecule has 1 aromatic carbocycles. The third kappa shape index (κ3) is 2.99. The van der Waals surface area contributed by atoms with E-state index in [-0.39, 0.29) is 0 Å². The fourth-order valence-corrected chi connectivity index (χ4v) is 2.26. The van der Waals surface area contributed by atoms with Gasteiger partial charge in [0.15, 0.2) is 0 Å². The average Bonchev–Trinajstić information content (AvgIpc) is 2.23. The van der Waals surface area contributed by atoms with Gasteiger partial charge >= 0.3 is 0 Å². The number of ether oxygens (including phenoxy) is 1. The first-order chi connectivity index (χ1) is 8.20. The third-order valence-corrected chi connectivity index (χ3v) is 3.40. The van der Waals surface area contributed by atoms with Gasteiger partial charge in [0.25, 0.3) is 0 Å². The summed E-state index contributed by atoms with van der Waals surface area (Å²) < 4.78 is 5.45. The van der Waals surface area contributed by atoms with Gasteiger partial charge in [0.1, 0.15) is 5.75 Å². The van der Waals surface area contributed by atoms with Crippen molar-refractivity contribution in [2.45, 2.75) is 20.4 Å². The minimum Gasteiger partial charge on any atom is -0.496 e. The molecule has 2 N–H and O–H groups in total. The summed E-state index contributed by atoms with van der Waals surface area (Å²) in [6, 6.07) is 4.32. The number of benzene rings is 1. The average molecular weight is 234 g/mol. The van der Waals surface area contributed by atoms with Crippen LogP contribution < -0.4 is 15.4 Å². The number of rotatable bonds is 5. The second-order valence-corrected chi connectivity index (χ2v) is 4.92. The SMILES string of the molecule is COc1cc(C)cc(C)c1CNCC1CNC1. The van der Waals surface area contributed by atoms with E-state index in [1.165, 1.54) is 16.7 Å². The molecular weight excluding hydrogens is 212 g/mol. The topological polar surface area (TPSA) is 33.3 Å². The molecule has 94 valence electrons. The summed E-state index contributed by atoms with van der Waals surface area (Å²) in [5.74, 6) is 1.80. The van der Waals surface area contributed by atoms with E-state index in [4.69, 9.17) is 4.74 Å². The van der Waals surface area contributed by atoms with E-state index >= 15 is 0 Å². The molecule has 0 spiro atoms. The summed E-state index contributed by atoms with van der Waals surface area (Å²) in [7, 11) is 1.74. The lowest BCUT2D eigenvalue weighted by molar-refractivity contribution is 0.329. The summed E-state index contributed by atoms with van der Waals surface area (Å²) in [5.41, 5.74) is 3.85. The maximum atomic E-state index is 5.45. The quantitative estimate of drug-likeness (QED) is 0.812. The zero-order valence-electron chi connectivity index (χ0n) is 11.0. The largest absolute Gasteiger partial charge is 0.496 e. The third-order valence-electron chi connectivity index (χ3n) is 3.40. The van der Waals surface area contributed by atoms with E-state index in [9.17, 15) is 0 Å². The van der Waals surface area contributed by atoms with Crippen LogP contribution in [0.3, 0.4) is 0 Å². The van der Waals surface area contributed by atoms with Crippen molar-refractivity contribution in [3.05, 3.63) is 28.8 Å². The van der Waals surface area contributed by atoms with E-state index < -0.39 is 0 Å². The minimum absolute atomic E-state index is 0.798. The Bertz CT molecular complexity index is 386. The number of hydrogen-bond donors (Lipinski definition) is 2. The summed E-state index contributed by atoms with van der Waals surface area (Å²) in [6.45, 7) is 8.54. The van der Waals surface area contributed by atoms with Crippen LogP contribution in [0.2, 0.25) is 0 Å². The summed E-state index contributed by atoms with van der Waals surface area (Å²) in [4.78, 5) is 0. The Labute approximate surface area is 104 Å². The van der Waals surface area contributed by atoms with Gasteiger partial charge in [0.05, 0.1) is 7.11 Å². The van der Waals surface area contributed by atoms with Gasteiger partial charge in [0, 0.05) is 31.7 Å². The van der Waals surface area contributed by atoms with Gasteiger partial charge in [-0.25, -0.2) is 0 Å². The molecule has 0 unspecified atom stereocenters. The molecule has 0 atom stereocenters. The molecule has 1 aliphatic heterocycles. The maximum absolute atomic E-state index is 5.45. The van der Waals surface area contributed by atoms with Crippen molar-refractivity contribution in [1.82, 2.24) is 10.6 Å². The van der Waals surface area contributed by atoms with Crippen LogP contribution in [-0.4, -0.2) is 26.7 Å². The molecule has 0 saturated carbocycles. The van der Waals surface area contributed by atoms with Crippen molar-refractivity contribution in [2.24, 2.45) is 5.92 Å². The highest BCUT2D eigenvalue weighted by atomic mass is 16.5. The molecule has 3 nitrogen and oxygen atoms in total. The Hall–Kier alpha value is -1.06. The minimum atomic E-state index is 0.798. The van der Waals surface area contributed by atoms with Crippen LogP contribution in [0.15, 0.2) is 12.1 Å². The molecule has 0 aromatic heterocycles. The first-order valence-electron chi connectivity index (χ1n) is 6.26. The molecule has 1 heterocycles. The predicted octanol–water partition coefficient (Wildman–Crippen LogP) is 1.62. The van der Waals surface area contributed by atoms with Crippen LogP contribution in [0, 0.1) is 19.8 Å². The lowest BCUT2D eigenvalue weighted by Gasteiger charge is -2.27. The molecule has 1 aliphatic rings. The molecule has 17 heavy (non-hydrogen) atoms. The predicted molar refractivity (Wildman–Crippen MR) is 70.5 cm³/mol. The summed E-state index contributed by atoms with van der Waals surface area (Å²) >= 11 is 0. The van der Waals surface area contributed by atoms with E-state index in [0.717, 1.165) is 37.8 Å². The first kappa shape index (κ1) is 12.4. The molecule has 0 aliphatic carbocycles. The molecule has 1 saturated heterocycles. The molecule has 0 bridgehead atoms. The summed E-state index contributed by atoms with van der Waals surface area (Å²) in [5, 5.41) is 6.81. The Kier molecular flexibility index (Phi) is 4.02. The van der Waals surface area contributed by atoms with Crippen molar-refractivity contribution >= 4 is 0 Å². The van der Waals surface area contributed by atoms with Crippen LogP contribution >= 0.6 is 0 Å². The van der Waals surface area contributed by atoms with Gasteiger partial charge in [-0.2, -0.15) is 0 Å². The molecule has 0 amide bonds. The maximum Gasteiger partial charge on any atom is 0.123 e. The second-order valence-electron chi connectivity index (χ2n) is 4.92. The highest BCUT2D eigenvalue weighted by Gasteiger charge is 2.16. The smallest absolute Gasteiger partial charge is 0.123 e. The Morgan fingerprint density at radius 1 is 1.35 bits per heavy atom. The number of aryl methyl sites for hydroxylation is 2. The van der Waals surface area contributed by atoms with E-state index in [1.54, 1.807) is 7.11 Å². The van der Waals surface area contributed by atoms with Crippen LogP contribution in [0.1, 0.15) is 16.7 Å². The van der Waals surface area contributed by atoms with Crippen molar-refractivity contribution in [3.63, 3.8) is 0 Å². The van der Waals surface area contributed by atoms with E-state index in [1.807, 2.05) is 0 Å². The first-order valence-corrected chi connectivity index (χ1v) is 6.26. The van der Waals surface area contributed by atoms with Crippen molar-refractivity contribution in [3.8, 4) is 5.75 Å². The monoisotopic (exact) mass is 234 g/mol. The fraction of sp³-hybridized carbons (Fsp3) is 0.571. The molecular formula is C14H22N2O. The molecule has 0 radical (unpaired) electrons. The summed E-state index contributed by atoms with van der Waals surface area (Å²) in [6.07, 6.45) is 0. The molecule has 1 fully saturated rings. The molecule has 3 heteroatoms. The van der Waals surface area contributed by atoms with Crippen molar-refractivity contribution in [1.29, 1.82) is 0 Å². The van der Waals surface area contributed by atoms with Crippen LogP contribution in [-0.2, 0) is 6.54 Å². The van der Waals surface area contributed by atoms with E-state index in [2.05, 4.69) is 36.6 Å². The zero-order chi connectivity index (χ0) is 12.3. The van der Waals surface area contributed by atoms with Gasteiger partial charge < -0.3 is 15.4 Å². The lowest BCUT2D eigenvalue weighted by Crippen LogP contribution is -2.47. The second kappa shape index (κ2) is 5.52. The molecule has 1 aromatic rings.